The highest BCUT2D eigenvalue weighted by molar-refractivity contribution is 5.67. The average Bonchev–Trinajstić information content (AvgIpc) is 3.00. The Bertz CT molecular complexity index is 1380. The molecule has 0 saturated heterocycles. The second-order valence-electron chi connectivity index (χ2n) is 9.39. The molecular weight excluding hydrogens is 468 g/mol. The first-order valence-corrected chi connectivity index (χ1v) is 13.4. The van der Waals surface area contributed by atoms with Crippen molar-refractivity contribution in [3.63, 3.8) is 0 Å². The number of rotatable bonds is 10. The molecule has 190 valence electrons. The Morgan fingerprint density at radius 2 is 0.947 bits per heavy atom. The molecule has 1 aromatic carbocycles. The summed E-state index contributed by atoms with van der Waals surface area (Å²) in [6, 6.07) is 22.4. The number of nitrogens with zero attached hydrogens (tertiary/aromatic N) is 6. The Labute approximate surface area is 224 Å². The van der Waals surface area contributed by atoms with Crippen LogP contribution in [0.3, 0.4) is 0 Å². The molecule has 0 fully saturated rings. The molecule has 0 spiro atoms. The second-order valence-corrected chi connectivity index (χ2v) is 9.39. The van der Waals surface area contributed by atoms with Crippen LogP contribution in [-0.4, -0.2) is 29.9 Å². The zero-order valence-corrected chi connectivity index (χ0v) is 22.0. The van der Waals surface area contributed by atoms with E-state index in [1.165, 1.54) is 0 Å². The lowest BCUT2D eigenvalue weighted by Gasteiger charge is -2.09. The Hall–Kier alpha value is -4.32. The van der Waals surface area contributed by atoms with Gasteiger partial charge < -0.3 is 0 Å². The van der Waals surface area contributed by atoms with Gasteiger partial charge in [0.2, 0.25) is 0 Å². The van der Waals surface area contributed by atoms with E-state index in [0.29, 0.717) is 17.5 Å². The quantitative estimate of drug-likeness (QED) is 0.199. The summed E-state index contributed by atoms with van der Waals surface area (Å²) in [5.74, 6) is 1.74. The van der Waals surface area contributed by atoms with Gasteiger partial charge in [-0.15, -0.1) is 0 Å². The van der Waals surface area contributed by atoms with Crippen LogP contribution in [0.25, 0.3) is 45.4 Å². The first-order valence-electron chi connectivity index (χ1n) is 13.4. The van der Waals surface area contributed by atoms with E-state index in [4.69, 9.17) is 15.0 Å². The second kappa shape index (κ2) is 12.3. The third kappa shape index (κ3) is 6.14. The molecule has 0 amide bonds. The van der Waals surface area contributed by atoms with Gasteiger partial charge in [-0.25, -0.2) is 15.0 Å². The summed E-state index contributed by atoms with van der Waals surface area (Å²) >= 11 is 0. The fraction of sp³-hybridized carbons (Fsp3) is 0.250. The zero-order valence-electron chi connectivity index (χ0n) is 22.0. The van der Waals surface area contributed by atoms with Gasteiger partial charge in [-0.1, -0.05) is 57.0 Å². The third-order valence-electron chi connectivity index (χ3n) is 6.47. The summed E-state index contributed by atoms with van der Waals surface area (Å²) in [4.78, 5) is 28.5. The van der Waals surface area contributed by atoms with E-state index < -0.39 is 0 Å². The van der Waals surface area contributed by atoms with Crippen LogP contribution in [0.15, 0.2) is 85.3 Å². The molecule has 0 N–H and O–H groups in total. The van der Waals surface area contributed by atoms with Gasteiger partial charge in [0, 0.05) is 52.2 Å². The Morgan fingerprint density at radius 1 is 0.474 bits per heavy atom. The molecule has 0 aliphatic carbocycles. The van der Waals surface area contributed by atoms with Gasteiger partial charge in [-0.3, -0.25) is 15.0 Å². The van der Waals surface area contributed by atoms with Crippen LogP contribution in [-0.2, 0) is 12.8 Å². The van der Waals surface area contributed by atoms with Gasteiger partial charge in [0.15, 0.2) is 17.5 Å². The minimum absolute atomic E-state index is 0.572. The van der Waals surface area contributed by atoms with Crippen molar-refractivity contribution in [2.24, 2.45) is 0 Å². The number of hydrogen-bond donors (Lipinski definition) is 0. The molecule has 38 heavy (non-hydrogen) atoms. The molecule has 4 aromatic heterocycles. The zero-order chi connectivity index (χ0) is 26.2. The molecule has 0 atom stereocenters. The highest BCUT2D eigenvalue weighted by Gasteiger charge is 2.14. The molecule has 6 nitrogen and oxygen atoms in total. The number of unbranched alkanes of at least 4 members (excludes halogenated alkanes) is 2. The van der Waals surface area contributed by atoms with Crippen molar-refractivity contribution in [2.45, 2.75) is 52.4 Å². The Kier molecular flexibility index (Phi) is 8.19. The van der Waals surface area contributed by atoms with Crippen LogP contribution >= 0.6 is 0 Å². The monoisotopic (exact) mass is 500 g/mol. The van der Waals surface area contributed by atoms with Gasteiger partial charge in [-0.05, 0) is 62.1 Å². The van der Waals surface area contributed by atoms with E-state index in [1.54, 1.807) is 0 Å². The van der Waals surface area contributed by atoms with Crippen LogP contribution in [0.2, 0.25) is 0 Å². The summed E-state index contributed by atoms with van der Waals surface area (Å²) in [6.07, 6.45) is 12.0. The summed E-state index contributed by atoms with van der Waals surface area (Å²) in [7, 11) is 0. The minimum Gasteiger partial charge on any atom is -0.261 e. The highest BCUT2D eigenvalue weighted by atomic mass is 15.0. The molecular formula is C32H32N6. The summed E-state index contributed by atoms with van der Waals surface area (Å²) in [6.45, 7) is 4.38. The van der Waals surface area contributed by atoms with E-state index in [2.05, 4.69) is 53.1 Å². The lowest BCUT2D eigenvalue weighted by atomic mass is 10.1. The summed E-state index contributed by atoms with van der Waals surface area (Å²) < 4.78 is 0. The molecule has 4 heterocycles. The van der Waals surface area contributed by atoms with Crippen LogP contribution in [0.4, 0.5) is 0 Å². The molecule has 5 rings (SSSR count). The molecule has 0 radical (unpaired) electrons. The first-order chi connectivity index (χ1) is 18.7. The third-order valence-corrected chi connectivity index (χ3v) is 6.47. The smallest absolute Gasteiger partial charge is 0.165 e. The van der Waals surface area contributed by atoms with Gasteiger partial charge in [0.25, 0.3) is 0 Å². The van der Waals surface area contributed by atoms with Crippen molar-refractivity contribution >= 4 is 0 Å². The SMILES string of the molecule is CCCCc1ccc(-c2nc(-c3ccc(CCCC)nc3)nc(-c3ccc(-c4ccccc4)nc3)n2)cn1. The van der Waals surface area contributed by atoms with E-state index in [1.807, 2.05) is 61.1 Å². The number of aromatic nitrogens is 6. The largest absolute Gasteiger partial charge is 0.261 e. The molecule has 6 heteroatoms. The van der Waals surface area contributed by atoms with E-state index in [9.17, 15) is 0 Å². The van der Waals surface area contributed by atoms with E-state index in [-0.39, 0.29) is 0 Å². The molecule has 0 bridgehead atoms. The fourth-order valence-corrected chi connectivity index (χ4v) is 4.19. The standard InChI is InChI=1S/C32H32N6/c1-3-5-12-27-17-14-24(20-33-27)30-36-31(25-15-18-28(34-21-25)13-6-4-2)38-32(37-30)26-16-19-29(35-22-26)23-10-8-7-9-11-23/h7-11,14-22H,3-6,12-13H2,1-2H3. The Balaban J connectivity index is 1.52. The molecule has 0 aliphatic rings. The van der Waals surface area contributed by atoms with E-state index in [0.717, 1.165) is 77.9 Å². The number of hydrogen-bond acceptors (Lipinski definition) is 6. The molecule has 5 aromatic rings. The lowest BCUT2D eigenvalue weighted by Crippen LogP contribution is -2.02. The van der Waals surface area contributed by atoms with Gasteiger partial charge in [0.05, 0.1) is 5.69 Å². The van der Waals surface area contributed by atoms with Crippen molar-refractivity contribution in [3.8, 4) is 45.4 Å². The topological polar surface area (TPSA) is 77.3 Å². The van der Waals surface area contributed by atoms with Crippen molar-refractivity contribution in [1.82, 2.24) is 29.9 Å². The van der Waals surface area contributed by atoms with Crippen LogP contribution in [0.1, 0.15) is 50.9 Å². The van der Waals surface area contributed by atoms with Crippen LogP contribution in [0.5, 0.6) is 0 Å². The maximum atomic E-state index is 4.83. The van der Waals surface area contributed by atoms with Crippen molar-refractivity contribution in [2.75, 3.05) is 0 Å². The summed E-state index contributed by atoms with van der Waals surface area (Å²) in [5, 5.41) is 0. The Morgan fingerprint density at radius 3 is 1.34 bits per heavy atom. The maximum Gasteiger partial charge on any atom is 0.165 e. The minimum atomic E-state index is 0.572. The van der Waals surface area contributed by atoms with Crippen molar-refractivity contribution < 1.29 is 0 Å². The van der Waals surface area contributed by atoms with Crippen molar-refractivity contribution in [3.05, 3.63) is 96.7 Å². The predicted octanol–water partition coefficient (Wildman–Crippen LogP) is 7.41. The summed E-state index contributed by atoms with van der Waals surface area (Å²) in [5.41, 5.74) is 6.68. The number of aryl methyl sites for hydroxylation is 2. The fourth-order valence-electron chi connectivity index (χ4n) is 4.19. The number of pyridine rings is 3. The highest BCUT2D eigenvalue weighted by Crippen LogP contribution is 2.26. The lowest BCUT2D eigenvalue weighted by molar-refractivity contribution is 0.776. The maximum absolute atomic E-state index is 4.83. The first kappa shape index (κ1) is 25.3. The normalized spacial score (nSPS) is 11.0. The van der Waals surface area contributed by atoms with Crippen LogP contribution in [0, 0.1) is 0 Å². The molecule has 0 aliphatic heterocycles. The number of benzene rings is 1. The van der Waals surface area contributed by atoms with Crippen LogP contribution < -0.4 is 0 Å². The predicted molar refractivity (Wildman–Crippen MR) is 152 cm³/mol. The van der Waals surface area contributed by atoms with Crippen molar-refractivity contribution in [1.29, 1.82) is 0 Å². The van der Waals surface area contributed by atoms with Gasteiger partial charge in [0.1, 0.15) is 0 Å². The van der Waals surface area contributed by atoms with E-state index >= 15 is 0 Å². The van der Waals surface area contributed by atoms with Gasteiger partial charge in [-0.2, -0.15) is 0 Å². The van der Waals surface area contributed by atoms with Gasteiger partial charge >= 0.3 is 0 Å². The molecule has 0 unspecified atom stereocenters. The average molecular weight is 501 g/mol. The molecule has 0 saturated carbocycles.